The molecule has 0 aliphatic heterocycles. The van der Waals surface area contributed by atoms with E-state index >= 15 is 0 Å². The molecule has 9 heteroatoms. The van der Waals surface area contributed by atoms with E-state index in [0.29, 0.717) is 5.76 Å². The van der Waals surface area contributed by atoms with E-state index in [-0.39, 0.29) is 12.4 Å². The summed E-state index contributed by atoms with van der Waals surface area (Å²) in [5, 5.41) is 8.16. The molecule has 0 aliphatic carbocycles. The van der Waals surface area contributed by atoms with E-state index in [1.807, 2.05) is 0 Å². The van der Waals surface area contributed by atoms with Crippen LogP contribution < -0.4 is 4.72 Å². The van der Waals surface area contributed by atoms with Crippen molar-refractivity contribution in [2.45, 2.75) is 18.6 Å². The normalized spacial score (nSPS) is 11.6. The van der Waals surface area contributed by atoms with Gasteiger partial charge in [0.05, 0.1) is 12.7 Å². The van der Waals surface area contributed by atoms with Crippen molar-refractivity contribution in [1.82, 2.24) is 9.71 Å². The predicted molar refractivity (Wildman–Crippen MR) is 60.9 cm³/mol. The summed E-state index contributed by atoms with van der Waals surface area (Å²) in [6.45, 7) is 1.52. The first-order chi connectivity index (χ1) is 8.88. The zero-order chi connectivity index (χ0) is 14.0. The largest absolute Gasteiger partial charge is 0.475 e. The molecule has 0 bridgehead atoms. The van der Waals surface area contributed by atoms with Gasteiger partial charge in [0.1, 0.15) is 5.76 Å². The highest BCUT2D eigenvalue weighted by atomic mass is 32.2. The highest BCUT2D eigenvalue weighted by Gasteiger charge is 2.21. The summed E-state index contributed by atoms with van der Waals surface area (Å²) in [5.41, 5.74) is 0. The van der Waals surface area contributed by atoms with Crippen LogP contribution >= 0.6 is 0 Å². The van der Waals surface area contributed by atoms with Crippen LogP contribution in [-0.2, 0) is 16.6 Å². The molecule has 0 spiro atoms. The maximum Gasteiger partial charge on any atom is 0.371 e. The molecule has 0 aromatic carbocycles. The van der Waals surface area contributed by atoms with Crippen LogP contribution in [-0.4, -0.2) is 24.5 Å². The molecular weight excluding hydrogens is 276 g/mol. The lowest BCUT2D eigenvalue weighted by atomic mass is 10.5. The summed E-state index contributed by atoms with van der Waals surface area (Å²) in [7, 11) is -3.94. The number of nitrogens with one attached hydrogen (secondary N) is 1. The Balaban J connectivity index is 2.11. The highest BCUT2D eigenvalue weighted by Crippen LogP contribution is 2.14. The Morgan fingerprint density at radius 1 is 1.42 bits per heavy atom. The van der Waals surface area contributed by atoms with Crippen molar-refractivity contribution in [3.63, 3.8) is 0 Å². The molecule has 2 aromatic heterocycles. The second kappa shape index (κ2) is 4.86. The van der Waals surface area contributed by atoms with Gasteiger partial charge in [-0.3, -0.25) is 0 Å². The van der Waals surface area contributed by atoms with Gasteiger partial charge in [-0.15, -0.1) is 0 Å². The molecule has 0 amide bonds. The fourth-order valence-electron chi connectivity index (χ4n) is 1.29. The molecule has 8 nitrogen and oxygen atoms in total. The lowest BCUT2D eigenvalue weighted by Gasteiger charge is -2.00. The van der Waals surface area contributed by atoms with E-state index in [4.69, 9.17) is 13.9 Å². The van der Waals surface area contributed by atoms with E-state index in [0.717, 1.165) is 12.1 Å². The average Bonchev–Trinajstić information content (AvgIpc) is 2.95. The van der Waals surface area contributed by atoms with E-state index in [9.17, 15) is 13.2 Å². The van der Waals surface area contributed by atoms with Gasteiger partial charge in [0, 0.05) is 0 Å². The van der Waals surface area contributed by atoms with E-state index in [1.54, 1.807) is 6.92 Å². The van der Waals surface area contributed by atoms with E-state index in [1.165, 1.54) is 6.20 Å². The maximum atomic E-state index is 11.8. The van der Waals surface area contributed by atoms with Gasteiger partial charge in [0.25, 0.3) is 10.0 Å². The second-order valence-corrected chi connectivity index (χ2v) is 5.31. The van der Waals surface area contributed by atoms with Crippen LogP contribution in [0.1, 0.15) is 22.2 Å². The fourth-order valence-corrected chi connectivity index (χ4v) is 2.19. The summed E-state index contributed by atoms with van der Waals surface area (Å²) >= 11 is 0. The predicted octanol–water partition coefficient (Wildman–Crippen LogP) is 0.753. The first kappa shape index (κ1) is 13.3. The minimum absolute atomic E-state index is 0.153. The van der Waals surface area contributed by atoms with Crippen LogP contribution in [0.25, 0.3) is 0 Å². The van der Waals surface area contributed by atoms with Gasteiger partial charge < -0.3 is 13.9 Å². The highest BCUT2D eigenvalue weighted by molar-refractivity contribution is 7.89. The SMILES string of the molecule is Cc1cnc(CNS(=O)(=O)c2ccc(C(=O)O)o2)o1. The van der Waals surface area contributed by atoms with Gasteiger partial charge in [-0.05, 0) is 19.1 Å². The summed E-state index contributed by atoms with van der Waals surface area (Å²) in [5.74, 6) is -1.04. The number of hydrogen-bond donors (Lipinski definition) is 2. The van der Waals surface area contributed by atoms with Crippen molar-refractivity contribution in [3.05, 3.63) is 35.7 Å². The molecule has 0 radical (unpaired) electrons. The number of carboxylic acid groups (broad SMARTS) is 1. The minimum Gasteiger partial charge on any atom is -0.475 e. The summed E-state index contributed by atoms with van der Waals surface area (Å²) in [6.07, 6.45) is 1.46. The summed E-state index contributed by atoms with van der Waals surface area (Å²) in [4.78, 5) is 14.4. The van der Waals surface area contributed by atoms with Gasteiger partial charge in [-0.25, -0.2) is 18.2 Å². The third kappa shape index (κ3) is 3.01. The number of aryl methyl sites for hydroxylation is 1. The van der Waals surface area contributed by atoms with Crippen molar-refractivity contribution in [3.8, 4) is 0 Å². The Bertz CT molecular complexity index is 699. The fraction of sp³-hybridized carbons (Fsp3) is 0.200. The molecule has 102 valence electrons. The Morgan fingerprint density at radius 2 is 2.16 bits per heavy atom. The number of carboxylic acids is 1. The monoisotopic (exact) mass is 286 g/mol. The van der Waals surface area contributed by atoms with Crippen molar-refractivity contribution < 1.29 is 27.2 Å². The quantitative estimate of drug-likeness (QED) is 0.831. The van der Waals surface area contributed by atoms with Gasteiger partial charge in [0.15, 0.2) is 0 Å². The third-order valence-corrected chi connectivity index (χ3v) is 3.41. The van der Waals surface area contributed by atoms with Crippen LogP contribution in [0.3, 0.4) is 0 Å². The number of furan rings is 1. The van der Waals surface area contributed by atoms with Gasteiger partial charge in [-0.1, -0.05) is 0 Å². The standard InChI is InChI=1S/C10H10N2O6S/c1-6-4-11-8(17-6)5-12-19(15,16)9-3-2-7(18-9)10(13)14/h2-4,12H,5H2,1H3,(H,13,14). The minimum atomic E-state index is -3.94. The zero-order valence-electron chi connectivity index (χ0n) is 9.78. The van der Waals surface area contributed by atoms with Crippen molar-refractivity contribution in [1.29, 1.82) is 0 Å². The van der Waals surface area contributed by atoms with E-state index in [2.05, 4.69) is 9.71 Å². The third-order valence-electron chi connectivity index (χ3n) is 2.14. The van der Waals surface area contributed by atoms with E-state index < -0.39 is 26.8 Å². The van der Waals surface area contributed by atoms with Crippen molar-refractivity contribution in [2.75, 3.05) is 0 Å². The van der Waals surface area contributed by atoms with Crippen LogP contribution in [0.2, 0.25) is 0 Å². The van der Waals surface area contributed by atoms with Gasteiger partial charge in [-0.2, -0.15) is 4.72 Å². The molecular formula is C10H10N2O6S. The van der Waals surface area contributed by atoms with Gasteiger partial charge >= 0.3 is 5.97 Å². The number of oxazole rings is 1. The number of aromatic nitrogens is 1. The molecule has 0 saturated carbocycles. The summed E-state index contributed by atoms with van der Waals surface area (Å²) in [6, 6.07) is 2.12. The summed E-state index contributed by atoms with van der Waals surface area (Å²) < 4.78 is 35.5. The molecule has 0 atom stereocenters. The number of aromatic carboxylic acids is 1. The molecule has 0 fully saturated rings. The number of carbonyl (C=O) groups is 1. The Morgan fingerprint density at radius 3 is 2.68 bits per heavy atom. The van der Waals surface area contributed by atoms with Crippen LogP contribution in [0.4, 0.5) is 0 Å². The molecule has 2 N–H and O–H groups in total. The molecule has 2 aromatic rings. The molecule has 0 saturated heterocycles. The lowest BCUT2D eigenvalue weighted by Crippen LogP contribution is -2.23. The maximum absolute atomic E-state index is 11.8. The first-order valence-electron chi connectivity index (χ1n) is 5.12. The van der Waals surface area contributed by atoms with Crippen LogP contribution in [0, 0.1) is 6.92 Å². The molecule has 19 heavy (non-hydrogen) atoms. The molecule has 0 aliphatic rings. The lowest BCUT2D eigenvalue weighted by molar-refractivity contribution is 0.0656. The zero-order valence-corrected chi connectivity index (χ0v) is 10.6. The number of nitrogens with zero attached hydrogens (tertiary/aromatic N) is 1. The average molecular weight is 286 g/mol. The topological polar surface area (TPSA) is 123 Å². The van der Waals surface area contributed by atoms with Crippen LogP contribution in [0.5, 0.6) is 0 Å². The number of sulfonamides is 1. The van der Waals surface area contributed by atoms with Crippen molar-refractivity contribution in [2.24, 2.45) is 0 Å². The van der Waals surface area contributed by atoms with Crippen molar-refractivity contribution >= 4 is 16.0 Å². The molecule has 2 rings (SSSR count). The Kier molecular flexibility index (Phi) is 3.40. The number of hydrogen-bond acceptors (Lipinski definition) is 6. The van der Waals surface area contributed by atoms with Gasteiger partial charge in [0.2, 0.25) is 16.7 Å². The number of rotatable bonds is 5. The Hall–Kier alpha value is -2.13. The van der Waals surface area contributed by atoms with Crippen LogP contribution in [0.15, 0.2) is 32.3 Å². The second-order valence-electron chi connectivity index (χ2n) is 3.61. The smallest absolute Gasteiger partial charge is 0.371 e. The Labute approximate surface area is 108 Å². The molecule has 0 unspecified atom stereocenters. The first-order valence-corrected chi connectivity index (χ1v) is 6.61. The molecule has 2 heterocycles.